The number of halogens is 3. The predicted octanol–water partition coefficient (Wildman–Crippen LogP) is 3.96. The van der Waals surface area contributed by atoms with Gasteiger partial charge in [0.15, 0.2) is 0 Å². The van der Waals surface area contributed by atoms with Gasteiger partial charge in [0.2, 0.25) is 0 Å². The van der Waals surface area contributed by atoms with Crippen LogP contribution in [0.2, 0.25) is 5.02 Å². The van der Waals surface area contributed by atoms with Crippen molar-refractivity contribution in [3.05, 3.63) is 44.9 Å². The van der Waals surface area contributed by atoms with Gasteiger partial charge in [-0.2, -0.15) is 0 Å². The Bertz CT molecular complexity index is 725. The van der Waals surface area contributed by atoms with Gasteiger partial charge in [0.25, 0.3) is 5.91 Å². The third-order valence-corrected chi connectivity index (χ3v) is 5.34. The van der Waals surface area contributed by atoms with E-state index in [0.29, 0.717) is 16.5 Å². The van der Waals surface area contributed by atoms with Crippen LogP contribution < -0.4 is 10.1 Å². The van der Waals surface area contributed by atoms with Crippen LogP contribution in [0.3, 0.4) is 0 Å². The molecule has 5 nitrogen and oxygen atoms in total. The number of ether oxygens (including phenoxy) is 1. The quantitative estimate of drug-likeness (QED) is 0.785. The molecule has 1 amide bonds. The first kappa shape index (κ1) is 23.0. The van der Waals surface area contributed by atoms with Crippen molar-refractivity contribution in [2.45, 2.75) is 26.5 Å². The van der Waals surface area contributed by atoms with Gasteiger partial charge in [-0.15, -0.1) is 36.2 Å². The molecule has 26 heavy (non-hydrogen) atoms. The minimum absolute atomic E-state index is 0. The smallest absolute Gasteiger partial charge is 0.266 e. The number of nitrogens with one attached hydrogen (secondary N) is 1. The molecule has 2 heterocycles. The third-order valence-electron chi connectivity index (χ3n) is 3.97. The number of hydrogen-bond acceptors (Lipinski definition) is 5. The van der Waals surface area contributed by atoms with Crippen LogP contribution in [0.15, 0.2) is 24.3 Å². The van der Waals surface area contributed by atoms with Gasteiger partial charge in [0.1, 0.15) is 22.2 Å². The Kier molecular flexibility index (Phi) is 9.13. The van der Waals surface area contributed by atoms with Crippen LogP contribution >= 0.6 is 47.8 Å². The fraction of sp³-hybridized carbons (Fsp3) is 0.412. The second kappa shape index (κ2) is 10.3. The molecule has 3 rings (SSSR count). The number of piperazine rings is 1. The summed E-state index contributed by atoms with van der Waals surface area (Å²) in [6.45, 7) is 6.68. The predicted molar refractivity (Wildman–Crippen MR) is 110 cm³/mol. The SMILES string of the molecule is Cc1nc(COc2ccc(Cl)cc2)sc1C(=O)N1CCNC[C@@H]1C.Cl.Cl. The van der Waals surface area contributed by atoms with E-state index in [0.717, 1.165) is 36.1 Å². The van der Waals surface area contributed by atoms with E-state index in [1.807, 2.05) is 24.0 Å². The monoisotopic (exact) mass is 437 g/mol. The molecule has 0 radical (unpaired) electrons. The molecule has 9 heteroatoms. The first-order valence-corrected chi connectivity index (χ1v) is 9.10. The van der Waals surface area contributed by atoms with Crippen molar-refractivity contribution in [2.24, 2.45) is 0 Å². The van der Waals surface area contributed by atoms with Crippen LogP contribution in [0.1, 0.15) is 27.3 Å². The van der Waals surface area contributed by atoms with E-state index in [9.17, 15) is 4.79 Å². The number of amides is 1. The Hall–Kier alpha value is -1.05. The first-order valence-electron chi connectivity index (χ1n) is 7.91. The summed E-state index contributed by atoms with van der Waals surface area (Å²) in [5, 5.41) is 4.77. The number of carbonyl (C=O) groups is 1. The lowest BCUT2D eigenvalue weighted by atomic mass is 10.2. The van der Waals surface area contributed by atoms with Crippen LogP contribution in [0.25, 0.3) is 0 Å². The minimum Gasteiger partial charge on any atom is -0.486 e. The van der Waals surface area contributed by atoms with E-state index < -0.39 is 0 Å². The summed E-state index contributed by atoms with van der Waals surface area (Å²) in [5.74, 6) is 0.799. The number of aryl methyl sites for hydroxylation is 1. The van der Waals surface area contributed by atoms with Crippen molar-refractivity contribution in [1.29, 1.82) is 0 Å². The molecule has 1 N–H and O–H groups in total. The highest BCUT2D eigenvalue weighted by Gasteiger charge is 2.27. The average Bonchev–Trinajstić information content (AvgIpc) is 2.95. The maximum Gasteiger partial charge on any atom is 0.266 e. The molecule has 1 aromatic heterocycles. The van der Waals surface area contributed by atoms with Gasteiger partial charge in [-0.05, 0) is 38.1 Å². The Balaban J connectivity index is 0.00000169. The Morgan fingerprint density at radius 1 is 1.38 bits per heavy atom. The lowest BCUT2D eigenvalue weighted by molar-refractivity contribution is 0.0660. The summed E-state index contributed by atoms with van der Waals surface area (Å²) in [4.78, 5) is 19.9. The highest BCUT2D eigenvalue weighted by atomic mass is 35.5. The Morgan fingerprint density at radius 2 is 2.08 bits per heavy atom. The average molecular weight is 439 g/mol. The third kappa shape index (κ3) is 5.47. The molecule has 1 fully saturated rings. The number of nitrogens with zero attached hydrogens (tertiary/aromatic N) is 2. The summed E-state index contributed by atoms with van der Waals surface area (Å²) < 4.78 is 5.72. The standard InChI is InChI=1S/C17H20ClN3O2S.2ClH/c1-11-9-19-7-8-21(11)17(22)16-12(2)20-15(24-16)10-23-14-5-3-13(18)4-6-14;;/h3-6,11,19H,7-10H2,1-2H3;2*1H/t11-;;/m0../s1. The van der Waals surface area contributed by atoms with E-state index in [4.69, 9.17) is 16.3 Å². The minimum atomic E-state index is 0. The zero-order valence-electron chi connectivity index (χ0n) is 14.5. The topological polar surface area (TPSA) is 54.5 Å². The van der Waals surface area contributed by atoms with Gasteiger partial charge in [-0.25, -0.2) is 4.98 Å². The van der Waals surface area contributed by atoms with Gasteiger partial charge in [-0.3, -0.25) is 4.79 Å². The molecule has 0 aliphatic carbocycles. The highest BCUT2D eigenvalue weighted by molar-refractivity contribution is 7.13. The van der Waals surface area contributed by atoms with Crippen molar-refractivity contribution in [2.75, 3.05) is 19.6 Å². The van der Waals surface area contributed by atoms with Crippen molar-refractivity contribution < 1.29 is 9.53 Å². The summed E-state index contributed by atoms with van der Waals surface area (Å²) in [6.07, 6.45) is 0. The lowest BCUT2D eigenvalue weighted by Crippen LogP contribution is -2.52. The second-order valence-electron chi connectivity index (χ2n) is 5.82. The van der Waals surface area contributed by atoms with Gasteiger partial charge in [0, 0.05) is 30.7 Å². The maximum absolute atomic E-state index is 12.8. The van der Waals surface area contributed by atoms with Crippen molar-refractivity contribution in [3.8, 4) is 5.75 Å². The fourth-order valence-electron chi connectivity index (χ4n) is 2.66. The number of hydrogen-bond donors (Lipinski definition) is 1. The Morgan fingerprint density at radius 3 is 2.73 bits per heavy atom. The largest absolute Gasteiger partial charge is 0.486 e. The number of thiazole rings is 1. The molecular formula is C17H22Cl3N3O2S. The molecule has 0 bridgehead atoms. The van der Waals surface area contributed by atoms with E-state index in [1.54, 1.807) is 12.1 Å². The lowest BCUT2D eigenvalue weighted by Gasteiger charge is -2.33. The van der Waals surface area contributed by atoms with E-state index >= 15 is 0 Å². The van der Waals surface area contributed by atoms with Gasteiger partial charge in [-0.1, -0.05) is 11.6 Å². The van der Waals surface area contributed by atoms with Crippen molar-refractivity contribution >= 4 is 53.7 Å². The molecule has 1 aliphatic rings. The summed E-state index contributed by atoms with van der Waals surface area (Å²) in [6, 6.07) is 7.39. The summed E-state index contributed by atoms with van der Waals surface area (Å²) >= 11 is 7.27. The summed E-state index contributed by atoms with van der Waals surface area (Å²) in [5.41, 5.74) is 0.769. The number of benzene rings is 1. The maximum atomic E-state index is 12.8. The van der Waals surface area contributed by atoms with Crippen LogP contribution in [-0.4, -0.2) is 41.5 Å². The van der Waals surface area contributed by atoms with Gasteiger partial charge < -0.3 is 15.0 Å². The molecule has 0 unspecified atom stereocenters. The van der Waals surface area contributed by atoms with Crippen molar-refractivity contribution in [1.82, 2.24) is 15.2 Å². The molecule has 1 aromatic carbocycles. The van der Waals surface area contributed by atoms with Gasteiger partial charge in [0.05, 0.1) is 5.69 Å². The first-order chi connectivity index (χ1) is 11.5. The molecule has 1 saturated heterocycles. The second-order valence-corrected chi connectivity index (χ2v) is 7.34. The number of carbonyl (C=O) groups excluding carboxylic acids is 1. The molecule has 0 spiro atoms. The normalized spacial score (nSPS) is 16.4. The summed E-state index contributed by atoms with van der Waals surface area (Å²) in [7, 11) is 0. The van der Waals surface area contributed by atoms with Crippen LogP contribution in [-0.2, 0) is 6.61 Å². The van der Waals surface area contributed by atoms with Crippen LogP contribution in [0, 0.1) is 6.92 Å². The highest BCUT2D eigenvalue weighted by Crippen LogP contribution is 2.23. The van der Waals surface area contributed by atoms with E-state index in [2.05, 4.69) is 17.2 Å². The van der Waals surface area contributed by atoms with Crippen LogP contribution in [0.4, 0.5) is 0 Å². The van der Waals surface area contributed by atoms with E-state index in [1.165, 1.54) is 11.3 Å². The molecular weight excluding hydrogens is 417 g/mol. The van der Waals surface area contributed by atoms with E-state index in [-0.39, 0.29) is 36.8 Å². The number of rotatable bonds is 4. The zero-order chi connectivity index (χ0) is 17.1. The van der Waals surface area contributed by atoms with Gasteiger partial charge >= 0.3 is 0 Å². The molecule has 0 saturated carbocycles. The van der Waals surface area contributed by atoms with Crippen molar-refractivity contribution in [3.63, 3.8) is 0 Å². The number of aromatic nitrogens is 1. The molecule has 2 aromatic rings. The molecule has 144 valence electrons. The fourth-order valence-corrected chi connectivity index (χ4v) is 3.72. The molecule has 1 atom stereocenters. The van der Waals surface area contributed by atoms with Crippen LogP contribution in [0.5, 0.6) is 5.75 Å². The zero-order valence-corrected chi connectivity index (χ0v) is 17.7. The Labute approximate surface area is 174 Å². The molecule has 1 aliphatic heterocycles.